The highest BCUT2D eigenvalue weighted by atomic mass is 28.4. The van der Waals surface area contributed by atoms with Gasteiger partial charge in [0.15, 0.2) is 8.32 Å². The van der Waals surface area contributed by atoms with Crippen LogP contribution in [0, 0.1) is 10.1 Å². The van der Waals surface area contributed by atoms with Crippen LogP contribution in [0.3, 0.4) is 0 Å². The van der Waals surface area contributed by atoms with E-state index in [1.807, 2.05) is 64.2 Å². The maximum absolute atomic E-state index is 15.4. The predicted molar refractivity (Wildman–Crippen MR) is 117 cm³/mol. The summed E-state index contributed by atoms with van der Waals surface area (Å²) in [6.07, 6.45) is -3.10. The SMILES string of the molecule is CC(C)(C)[Si](C)(C)O[C@@H](c1ccc([N+](=O)[O-])cc1)[C@H](F)C(=O)NCc1ccccc1. The normalized spacial score (nSPS) is 14.1. The van der Waals surface area contributed by atoms with E-state index >= 15 is 4.39 Å². The molecular formula is C22H29FN2O4Si. The van der Waals surface area contributed by atoms with Gasteiger partial charge in [0, 0.05) is 18.7 Å². The van der Waals surface area contributed by atoms with Crippen molar-refractivity contribution in [2.45, 2.75) is 57.7 Å². The Bertz CT molecular complexity index is 867. The van der Waals surface area contributed by atoms with Crippen LogP contribution in [0.5, 0.6) is 0 Å². The summed E-state index contributed by atoms with van der Waals surface area (Å²) in [4.78, 5) is 23.0. The molecule has 162 valence electrons. The van der Waals surface area contributed by atoms with Gasteiger partial charge < -0.3 is 9.74 Å². The summed E-state index contributed by atoms with van der Waals surface area (Å²) in [5.74, 6) is -0.777. The Morgan fingerprint density at radius 3 is 2.20 bits per heavy atom. The molecule has 0 unspecified atom stereocenters. The van der Waals surface area contributed by atoms with Gasteiger partial charge in [-0.15, -0.1) is 0 Å². The first-order chi connectivity index (χ1) is 13.9. The summed E-state index contributed by atoms with van der Waals surface area (Å²) in [6, 6.07) is 14.7. The highest BCUT2D eigenvalue weighted by Crippen LogP contribution is 2.41. The molecule has 8 heteroatoms. The molecule has 2 aromatic carbocycles. The topological polar surface area (TPSA) is 81.5 Å². The number of nitrogens with zero attached hydrogens (tertiary/aromatic N) is 1. The van der Waals surface area contributed by atoms with Gasteiger partial charge in [-0.3, -0.25) is 14.9 Å². The molecule has 6 nitrogen and oxygen atoms in total. The third kappa shape index (κ3) is 5.96. The molecular weight excluding hydrogens is 403 g/mol. The number of benzene rings is 2. The van der Waals surface area contributed by atoms with Crippen LogP contribution in [0.25, 0.3) is 0 Å². The fraction of sp³-hybridized carbons (Fsp3) is 0.409. The maximum Gasteiger partial charge on any atom is 0.269 e. The Hall–Kier alpha value is -2.58. The van der Waals surface area contributed by atoms with Crippen LogP contribution < -0.4 is 5.32 Å². The van der Waals surface area contributed by atoms with E-state index in [-0.39, 0.29) is 17.3 Å². The average Bonchev–Trinajstić information content (AvgIpc) is 2.69. The lowest BCUT2D eigenvalue weighted by molar-refractivity contribution is -0.384. The second-order valence-electron chi connectivity index (χ2n) is 8.75. The fourth-order valence-electron chi connectivity index (χ4n) is 2.60. The predicted octanol–water partition coefficient (Wildman–Crippen LogP) is 5.31. The van der Waals surface area contributed by atoms with Crippen molar-refractivity contribution in [3.63, 3.8) is 0 Å². The van der Waals surface area contributed by atoms with E-state index in [1.54, 1.807) is 0 Å². The molecule has 0 aliphatic rings. The van der Waals surface area contributed by atoms with Gasteiger partial charge in [0.25, 0.3) is 11.6 Å². The lowest BCUT2D eigenvalue weighted by Gasteiger charge is -2.40. The average molecular weight is 433 g/mol. The van der Waals surface area contributed by atoms with Crippen molar-refractivity contribution in [2.75, 3.05) is 0 Å². The van der Waals surface area contributed by atoms with E-state index in [1.165, 1.54) is 24.3 Å². The molecule has 2 rings (SSSR count). The monoisotopic (exact) mass is 432 g/mol. The molecule has 1 N–H and O–H groups in total. The van der Waals surface area contributed by atoms with E-state index < -0.39 is 31.4 Å². The Morgan fingerprint density at radius 2 is 1.70 bits per heavy atom. The van der Waals surface area contributed by atoms with Crippen LogP contribution in [0.15, 0.2) is 54.6 Å². The molecule has 0 saturated carbocycles. The molecule has 1 amide bonds. The van der Waals surface area contributed by atoms with Crippen molar-refractivity contribution < 1.29 is 18.5 Å². The number of hydrogen-bond acceptors (Lipinski definition) is 4. The lowest BCUT2D eigenvalue weighted by Crippen LogP contribution is -2.46. The van der Waals surface area contributed by atoms with Crippen LogP contribution in [0.1, 0.15) is 38.0 Å². The van der Waals surface area contributed by atoms with Gasteiger partial charge in [-0.2, -0.15) is 0 Å². The second kappa shape index (κ2) is 9.49. The molecule has 0 aromatic heterocycles. The van der Waals surface area contributed by atoms with Crippen molar-refractivity contribution in [3.8, 4) is 0 Å². The maximum atomic E-state index is 15.4. The van der Waals surface area contributed by atoms with Gasteiger partial charge in [-0.05, 0) is 41.4 Å². The summed E-state index contributed by atoms with van der Waals surface area (Å²) < 4.78 is 21.6. The first kappa shape index (κ1) is 23.7. The Balaban J connectivity index is 2.26. The van der Waals surface area contributed by atoms with Gasteiger partial charge >= 0.3 is 0 Å². The molecule has 0 fully saturated rings. The molecule has 0 aliphatic carbocycles. The lowest BCUT2D eigenvalue weighted by atomic mass is 10.0. The number of carbonyl (C=O) groups is 1. The highest BCUT2D eigenvalue weighted by molar-refractivity contribution is 6.74. The number of hydrogen-bond donors (Lipinski definition) is 1. The summed E-state index contributed by atoms with van der Waals surface area (Å²) in [5, 5.41) is 13.4. The number of alkyl halides is 1. The molecule has 0 heterocycles. The van der Waals surface area contributed by atoms with E-state index in [4.69, 9.17) is 4.43 Å². The second-order valence-corrected chi connectivity index (χ2v) is 13.5. The molecule has 0 radical (unpaired) electrons. The Morgan fingerprint density at radius 1 is 1.13 bits per heavy atom. The molecule has 0 spiro atoms. The van der Waals surface area contributed by atoms with Crippen molar-refractivity contribution in [1.29, 1.82) is 0 Å². The quantitative estimate of drug-likeness (QED) is 0.348. The van der Waals surface area contributed by atoms with Crippen LogP contribution in [-0.2, 0) is 15.8 Å². The standard InChI is InChI=1S/C22H29FN2O4Si/c1-22(2,3)30(4,5)29-20(17-11-13-18(14-12-17)25(27)28)19(23)21(26)24-15-16-9-7-6-8-10-16/h6-14,19-20H,15H2,1-5H3,(H,24,26)/t19-,20-/m0/s1. The first-order valence-corrected chi connectivity index (χ1v) is 12.7. The molecule has 0 aliphatic heterocycles. The number of carbonyl (C=O) groups excluding carboxylic acids is 1. The van der Waals surface area contributed by atoms with Crippen molar-refractivity contribution in [2.24, 2.45) is 0 Å². The smallest absolute Gasteiger partial charge is 0.269 e. The van der Waals surface area contributed by atoms with Crippen LogP contribution in [0.2, 0.25) is 18.1 Å². The number of rotatable bonds is 8. The molecule has 30 heavy (non-hydrogen) atoms. The number of nitro groups is 1. The van der Waals surface area contributed by atoms with Crippen molar-refractivity contribution >= 4 is 19.9 Å². The summed E-state index contributed by atoms with van der Waals surface area (Å²) in [6.45, 7) is 10.2. The van der Waals surface area contributed by atoms with Gasteiger partial charge in [0.2, 0.25) is 6.17 Å². The van der Waals surface area contributed by atoms with Gasteiger partial charge in [0.1, 0.15) is 6.10 Å². The van der Waals surface area contributed by atoms with E-state index in [0.717, 1.165) is 5.56 Å². The third-order valence-electron chi connectivity index (χ3n) is 5.49. The van der Waals surface area contributed by atoms with Gasteiger partial charge in [0.05, 0.1) is 4.92 Å². The summed E-state index contributed by atoms with van der Waals surface area (Å²) in [5.41, 5.74) is 1.15. The Labute approximate surface area is 177 Å². The molecule has 0 saturated heterocycles. The number of nitro benzene ring substituents is 1. The minimum absolute atomic E-state index is 0.103. The van der Waals surface area contributed by atoms with Crippen LogP contribution >= 0.6 is 0 Å². The zero-order valence-electron chi connectivity index (χ0n) is 18.0. The molecule has 2 aromatic rings. The van der Waals surface area contributed by atoms with E-state index in [2.05, 4.69) is 5.32 Å². The minimum atomic E-state index is -2.44. The largest absolute Gasteiger partial charge is 0.406 e. The van der Waals surface area contributed by atoms with Gasteiger partial charge in [-0.1, -0.05) is 51.1 Å². The van der Waals surface area contributed by atoms with Crippen molar-refractivity contribution in [3.05, 3.63) is 75.8 Å². The van der Waals surface area contributed by atoms with Crippen LogP contribution in [-0.4, -0.2) is 25.3 Å². The molecule has 2 atom stereocenters. The van der Waals surface area contributed by atoms with E-state index in [9.17, 15) is 14.9 Å². The zero-order valence-corrected chi connectivity index (χ0v) is 19.0. The zero-order chi connectivity index (χ0) is 22.5. The highest BCUT2D eigenvalue weighted by Gasteiger charge is 2.43. The van der Waals surface area contributed by atoms with Crippen molar-refractivity contribution in [1.82, 2.24) is 5.32 Å². The van der Waals surface area contributed by atoms with Gasteiger partial charge in [-0.25, -0.2) is 4.39 Å². The first-order valence-electron chi connectivity index (χ1n) is 9.80. The summed E-state index contributed by atoms with van der Waals surface area (Å²) >= 11 is 0. The van der Waals surface area contributed by atoms with E-state index in [0.29, 0.717) is 5.56 Å². The number of amides is 1. The number of halogens is 1. The Kier molecular flexibility index (Phi) is 7.49. The minimum Gasteiger partial charge on any atom is -0.406 e. The number of non-ortho nitro benzene ring substituents is 1. The number of nitrogens with one attached hydrogen (secondary N) is 1. The fourth-order valence-corrected chi connectivity index (χ4v) is 3.84. The summed E-state index contributed by atoms with van der Waals surface area (Å²) in [7, 11) is -2.44. The van der Waals surface area contributed by atoms with Crippen LogP contribution in [0.4, 0.5) is 10.1 Å². The third-order valence-corrected chi connectivity index (χ3v) is 9.94. The molecule has 0 bridgehead atoms.